The summed E-state index contributed by atoms with van der Waals surface area (Å²) in [7, 11) is -3.55. The first kappa shape index (κ1) is 32.3. The number of fused-ring (bicyclic) bond motifs is 1. The number of β-amino-alcohol motifs (C(OH)–C–C–N with tert-alkyl or cyclic N) is 1. The maximum absolute atomic E-state index is 13.1. The lowest BCUT2D eigenvalue weighted by molar-refractivity contribution is -0.392. The summed E-state index contributed by atoms with van der Waals surface area (Å²) >= 11 is 0. The normalized spacial score (nSPS) is 17.2. The molecule has 1 aromatic heterocycles. The van der Waals surface area contributed by atoms with E-state index in [1.807, 2.05) is 4.90 Å². The minimum Gasteiger partial charge on any atom is -0.390 e. The van der Waals surface area contributed by atoms with Crippen LogP contribution in [0.3, 0.4) is 0 Å². The summed E-state index contributed by atoms with van der Waals surface area (Å²) in [5.74, 6) is 0. The third-order valence-corrected chi connectivity index (χ3v) is 9.23. The number of nitro groups is 2. The fourth-order valence-corrected chi connectivity index (χ4v) is 6.58. The number of piperazine rings is 1. The Morgan fingerprint density at radius 1 is 0.956 bits per heavy atom. The van der Waals surface area contributed by atoms with Crippen LogP contribution in [0, 0.1) is 20.2 Å². The molecule has 0 aliphatic carbocycles. The van der Waals surface area contributed by atoms with E-state index in [2.05, 4.69) is 5.10 Å². The zero-order chi connectivity index (χ0) is 32.7. The molecule has 1 fully saturated rings. The number of aliphatic hydroxyl groups excluding tert-OH is 1. The van der Waals surface area contributed by atoms with Crippen molar-refractivity contribution in [2.75, 3.05) is 50.4 Å². The zero-order valence-corrected chi connectivity index (χ0v) is 24.9. The molecule has 3 aromatic rings. The van der Waals surface area contributed by atoms with Crippen LogP contribution in [0.4, 0.5) is 30.2 Å². The number of aromatic nitrogens is 2. The third-order valence-electron chi connectivity index (χ3n) is 7.98. The SMILES string of the molecule is CS(=O)(=O)N1CCc2c(c(-c3ccc(C(F)(F)F)cc3)nn2CC(O)CN2CCN(c3c([N+](=O)[O-])cccc3[N+](=O)[O-])CC2)C1. The van der Waals surface area contributed by atoms with Crippen LogP contribution in [0.2, 0.25) is 0 Å². The van der Waals surface area contributed by atoms with Crippen molar-refractivity contribution in [3.8, 4) is 11.3 Å². The Morgan fingerprint density at radius 3 is 2.09 bits per heavy atom. The summed E-state index contributed by atoms with van der Waals surface area (Å²) in [6, 6.07) is 8.14. The van der Waals surface area contributed by atoms with Crippen LogP contribution in [0.1, 0.15) is 16.8 Å². The smallest absolute Gasteiger partial charge is 0.390 e. The van der Waals surface area contributed by atoms with Crippen LogP contribution in [-0.4, -0.2) is 94.0 Å². The molecule has 0 amide bonds. The number of benzene rings is 2. The maximum Gasteiger partial charge on any atom is 0.416 e. The van der Waals surface area contributed by atoms with Gasteiger partial charge in [0.15, 0.2) is 5.69 Å². The summed E-state index contributed by atoms with van der Waals surface area (Å²) in [6.07, 6.45) is -4.10. The molecule has 3 heterocycles. The summed E-state index contributed by atoms with van der Waals surface area (Å²) in [5.41, 5.74) is 0.329. The number of halogens is 3. The van der Waals surface area contributed by atoms with Crippen LogP contribution in [0.5, 0.6) is 0 Å². The minimum atomic E-state index is -4.52. The van der Waals surface area contributed by atoms with Crippen molar-refractivity contribution in [3.05, 3.63) is 79.5 Å². The van der Waals surface area contributed by atoms with Gasteiger partial charge in [-0.1, -0.05) is 12.1 Å². The molecule has 2 aromatic carbocycles. The number of nitrogens with zero attached hydrogens (tertiary/aromatic N) is 7. The molecule has 1 N–H and O–H groups in total. The van der Waals surface area contributed by atoms with Gasteiger partial charge in [-0.3, -0.25) is 29.8 Å². The molecule has 5 rings (SSSR count). The molecule has 2 aliphatic rings. The van der Waals surface area contributed by atoms with Gasteiger partial charge in [0, 0.05) is 81.2 Å². The van der Waals surface area contributed by atoms with Crippen LogP contribution >= 0.6 is 0 Å². The summed E-state index contributed by atoms with van der Waals surface area (Å²) in [6.45, 7) is 1.59. The maximum atomic E-state index is 13.1. The van der Waals surface area contributed by atoms with Crippen molar-refractivity contribution in [2.24, 2.45) is 0 Å². The third kappa shape index (κ3) is 6.92. The number of rotatable bonds is 9. The summed E-state index contributed by atoms with van der Waals surface area (Å²) in [5, 5.41) is 38.8. The number of hydrogen-bond acceptors (Lipinski definition) is 10. The fraction of sp³-hybridized carbons (Fsp3) is 0.444. The first-order valence-electron chi connectivity index (χ1n) is 13.9. The monoisotopic (exact) mass is 653 g/mol. The summed E-state index contributed by atoms with van der Waals surface area (Å²) in [4.78, 5) is 25.3. The Kier molecular flexibility index (Phi) is 8.85. The van der Waals surface area contributed by atoms with Crippen LogP contribution in [0.15, 0.2) is 42.5 Å². The molecule has 1 saturated heterocycles. The highest BCUT2D eigenvalue weighted by molar-refractivity contribution is 7.88. The van der Waals surface area contributed by atoms with Crippen molar-refractivity contribution in [3.63, 3.8) is 0 Å². The number of sulfonamides is 1. The Bertz CT molecular complexity index is 1670. The van der Waals surface area contributed by atoms with Gasteiger partial charge < -0.3 is 10.0 Å². The summed E-state index contributed by atoms with van der Waals surface area (Å²) < 4.78 is 66.8. The van der Waals surface area contributed by atoms with Crippen LogP contribution in [0.25, 0.3) is 11.3 Å². The van der Waals surface area contributed by atoms with Crippen molar-refractivity contribution in [1.82, 2.24) is 19.0 Å². The van der Waals surface area contributed by atoms with E-state index in [-0.39, 0.29) is 62.8 Å². The van der Waals surface area contributed by atoms with Gasteiger partial charge in [-0.15, -0.1) is 0 Å². The first-order valence-corrected chi connectivity index (χ1v) is 15.8. The van der Waals surface area contributed by atoms with Crippen LogP contribution in [-0.2, 0) is 35.7 Å². The number of aliphatic hydroxyl groups is 1. The van der Waals surface area contributed by atoms with Gasteiger partial charge in [0.05, 0.1) is 40.0 Å². The minimum absolute atomic E-state index is 0.0136. The Balaban J connectivity index is 1.32. The topological polar surface area (TPSA) is 168 Å². The van der Waals surface area contributed by atoms with Crippen molar-refractivity contribution < 1.29 is 36.5 Å². The van der Waals surface area contributed by atoms with E-state index in [4.69, 9.17) is 0 Å². The lowest BCUT2D eigenvalue weighted by Crippen LogP contribution is -2.49. The lowest BCUT2D eigenvalue weighted by atomic mass is 10.0. The highest BCUT2D eigenvalue weighted by atomic mass is 32.2. The second-order valence-corrected chi connectivity index (χ2v) is 13.0. The number of nitro benzene ring substituents is 2. The van der Waals surface area contributed by atoms with Gasteiger partial charge in [-0.2, -0.15) is 22.6 Å². The largest absolute Gasteiger partial charge is 0.416 e. The second-order valence-electron chi connectivity index (χ2n) is 11.0. The van der Waals surface area contributed by atoms with Gasteiger partial charge in [0.25, 0.3) is 11.4 Å². The number of para-hydroxylation sites is 1. The molecule has 242 valence electrons. The van der Waals surface area contributed by atoms with Gasteiger partial charge in [-0.05, 0) is 18.2 Å². The van der Waals surface area contributed by atoms with E-state index in [0.717, 1.165) is 18.4 Å². The van der Waals surface area contributed by atoms with Gasteiger partial charge in [-0.25, -0.2) is 8.42 Å². The quantitative estimate of drug-likeness (QED) is 0.268. The average molecular weight is 654 g/mol. The highest BCUT2D eigenvalue weighted by Gasteiger charge is 2.34. The molecule has 0 radical (unpaired) electrons. The van der Waals surface area contributed by atoms with Crippen LogP contribution < -0.4 is 4.90 Å². The molecule has 1 unspecified atom stereocenters. The standard InChI is InChI=1S/C27H30F3N7O7S/c1-45(43,44)34-10-9-22-21(17-34)25(18-5-7-19(8-6-18)27(28,29)30)31-35(22)16-20(38)15-32-11-13-33(14-12-32)26-23(36(39)40)3-2-4-24(26)37(41)42/h2-8,20,38H,9-17H2,1H3. The van der Waals surface area contributed by atoms with Gasteiger partial charge >= 0.3 is 6.18 Å². The predicted molar refractivity (Wildman–Crippen MR) is 156 cm³/mol. The number of alkyl halides is 3. The molecule has 14 nitrogen and oxygen atoms in total. The average Bonchev–Trinajstić information content (AvgIpc) is 3.33. The molecule has 1 atom stereocenters. The van der Waals surface area contributed by atoms with Crippen molar-refractivity contribution in [2.45, 2.75) is 31.8 Å². The van der Waals surface area contributed by atoms with Crippen molar-refractivity contribution in [1.29, 1.82) is 0 Å². The fourth-order valence-electron chi connectivity index (χ4n) is 5.80. The van der Waals surface area contributed by atoms with E-state index in [1.54, 1.807) is 9.58 Å². The highest BCUT2D eigenvalue weighted by Crippen LogP contribution is 2.38. The first-order chi connectivity index (χ1) is 21.1. The van der Waals surface area contributed by atoms with Gasteiger partial charge in [0.1, 0.15) is 0 Å². The molecule has 2 aliphatic heterocycles. The molecule has 18 heteroatoms. The molecule has 0 spiro atoms. The zero-order valence-electron chi connectivity index (χ0n) is 24.1. The van der Waals surface area contributed by atoms with E-state index >= 15 is 0 Å². The second kappa shape index (κ2) is 12.3. The molecule has 0 saturated carbocycles. The van der Waals surface area contributed by atoms with E-state index in [0.29, 0.717) is 35.6 Å². The van der Waals surface area contributed by atoms with Gasteiger partial charge in [0.2, 0.25) is 10.0 Å². The Labute approximate surface area is 255 Å². The van der Waals surface area contributed by atoms with E-state index in [9.17, 15) is 46.9 Å². The molecular weight excluding hydrogens is 623 g/mol. The van der Waals surface area contributed by atoms with E-state index in [1.165, 1.54) is 34.6 Å². The lowest BCUT2D eigenvalue weighted by Gasteiger charge is -2.36. The molecular formula is C27H30F3N7O7S. The Hall–Kier alpha value is -4.13. The number of hydrogen-bond donors (Lipinski definition) is 1. The number of anilines is 1. The predicted octanol–water partition coefficient (Wildman–Crippen LogP) is 2.89. The van der Waals surface area contributed by atoms with Crippen molar-refractivity contribution >= 4 is 27.1 Å². The van der Waals surface area contributed by atoms with E-state index < -0.39 is 37.7 Å². The molecule has 45 heavy (non-hydrogen) atoms. The molecule has 0 bridgehead atoms. The Morgan fingerprint density at radius 2 is 1.56 bits per heavy atom.